The molecule has 1 heterocycles. The molecule has 0 atom stereocenters. The average Bonchev–Trinajstić information content (AvgIpc) is 2.59. The van der Waals surface area contributed by atoms with Gasteiger partial charge in [0, 0.05) is 18.2 Å². The molecule has 0 spiro atoms. The summed E-state index contributed by atoms with van der Waals surface area (Å²) in [4.78, 5) is 15.9. The minimum atomic E-state index is -0.140. The van der Waals surface area contributed by atoms with E-state index in [9.17, 15) is 4.79 Å². The van der Waals surface area contributed by atoms with E-state index in [0.29, 0.717) is 11.4 Å². The molecule has 0 aromatic heterocycles. The number of carbonyl (C=O) groups excluding carboxylic acids is 1. The second-order valence-corrected chi connectivity index (χ2v) is 3.35. The third-order valence-corrected chi connectivity index (χ3v) is 2.14. The SMILES string of the molecule is O=C(NC1=CC=CCC=N1)c1ccccc1. The summed E-state index contributed by atoms with van der Waals surface area (Å²) in [5.74, 6) is 0.432. The van der Waals surface area contributed by atoms with E-state index in [4.69, 9.17) is 0 Å². The molecule has 0 radical (unpaired) electrons. The van der Waals surface area contributed by atoms with E-state index in [-0.39, 0.29) is 5.91 Å². The van der Waals surface area contributed by atoms with Gasteiger partial charge in [0.25, 0.3) is 5.91 Å². The molecule has 0 fully saturated rings. The smallest absolute Gasteiger partial charge is 0.256 e. The van der Waals surface area contributed by atoms with E-state index >= 15 is 0 Å². The molecule has 1 aliphatic rings. The fraction of sp³-hybridized carbons (Fsp3) is 0.0769. The highest BCUT2D eigenvalue weighted by atomic mass is 16.1. The summed E-state index contributed by atoms with van der Waals surface area (Å²) < 4.78 is 0. The summed E-state index contributed by atoms with van der Waals surface area (Å²) in [5, 5.41) is 2.75. The van der Waals surface area contributed by atoms with E-state index in [1.54, 1.807) is 24.4 Å². The van der Waals surface area contributed by atoms with Crippen molar-refractivity contribution in [3.05, 3.63) is 59.9 Å². The highest BCUT2D eigenvalue weighted by Crippen LogP contribution is 2.02. The van der Waals surface area contributed by atoms with Crippen molar-refractivity contribution in [1.82, 2.24) is 5.32 Å². The van der Waals surface area contributed by atoms with Crippen LogP contribution >= 0.6 is 0 Å². The summed E-state index contributed by atoms with van der Waals surface area (Å²) in [7, 11) is 0. The number of nitrogens with one attached hydrogen (secondary N) is 1. The Balaban J connectivity index is 2.08. The molecule has 0 saturated heterocycles. The summed E-state index contributed by atoms with van der Waals surface area (Å²) >= 11 is 0. The highest BCUT2D eigenvalue weighted by molar-refractivity contribution is 5.95. The summed E-state index contributed by atoms with van der Waals surface area (Å²) in [6, 6.07) is 9.08. The van der Waals surface area contributed by atoms with Crippen LogP contribution in [-0.4, -0.2) is 12.1 Å². The maximum atomic E-state index is 11.8. The van der Waals surface area contributed by atoms with Crippen molar-refractivity contribution < 1.29 is 4.79 Å². The summed E-state index contributed by atoms with van der Waals surface area (Å²) in [5.41, 5.74) is 0.631. The molecule has 1 amide bonds. The molecule has 0 saturated carbocycles. The molecule has 1 aromatic carbocycles. The van der Waals surface area contributed by atoms with Gasteiger partial charge in [-0.3, -0.25) is 4.79 Å². The largest absolute Gasteiger partial charge is 0.307 e. The van der Waals surface area contributed by atoms with Gasteiger partial charge in [-0.05, 0) is 18.2 Å². The number of nitrogens with zero attached hydrogens (tertiary/aromatic N) is 1. The van der Waals surface area contributed by atoms with Gasteiger partial charge >= 0.3 is 0 Å². The fourth-order valence-corrected chi connectivity index (χ4v) is 1.34. The summed E-state index contributed by atoms with van der Waals surface area (Å²) in [6.07, 6.45) is 8.20. The molecule has 2 rings (SSSR count). The third-order valence-electron chi connectivity index (χ3n) is 2.14. The van der Waals surface area contributed by atoms with Gasteiger partial charge in [-0.15, -0.1) is 0 Å². The zero-order valence-electron chi connectivity index (χ0n) is 8.76. The molecule has 1 aromatic rings. The standard InChI is InChI=1S/C13H12N2O/c16-13(11-7-3-1-4-8-11)15-12-9-5-2-6-10-14-12/h1-5,7-10H,6H2,(H,15,16). The van der Waals surface area contributed by atoms with Crippen LogP contribution in [-0.2, 0) is 0 Å². The predicted molar refractivity (Wildman–Crippen MR) is 64.2 cm³/mol. The van der Waals surface area contributed by atoms with Crippen LogP contribution in [0.25, 0.3) is 0 Å². The van der Waals surface area contributed by atoms with Crippen molar-refractivity contribution in [1.29, 1.82) is 0 Å². The van der Waals surface area contributed by atoms with E-state index in [1.165, 1.54) is 0 Å². The van der Waals surface area contributed by atoms with Gasteiger partial charge in [0.1, 0.15) is 5.82 Å². The lowest BCUT2D eigenvalue weighted by molar-refractivity contribution is 0.0965. The zero-order chi connectivity index (χ0) is 11.2. The quantitative estimate of drug-likeness (QED) is 0.802. The number of rotatable bonds is 2. The highest BCUT2D eigenvalue weighted by Gasteiger charge is 2.05. The molecular weight excluding hydrogens is 200 g/mol. The van der Waals surface area contributed by atoms with E-state index in [2.05, 4.69) is 10.3 Å². The molecule has 3 nitrogen and oxygen atoms in total. The number of benzene rings is 1. The number of carbonyl (C=O) groups is 1. The number of allylic oxidation sites excluding steroid dienone is 3. The van der Waals surface area contributed by atoms with Crippen LogP contribution in [0.3, 0.4) is 0 Å². The van der Waals surface area contributed by atoms with Crippen LogP contribution in [0.5, 0.6) is 0 Å². The second kappa shape index (κ2) is 5.07. The molecular formula is C13H12N2O. The lowest BCUT2D eigenvalue weighted by atomic mass is 10.2. The first-order valence-corrected chi connectivity index (χ1v) is 5.12. The lowest BCUT2D eigenvalue weighted by Gasteiger charge is -2.03. The van der Waals surface area contributed by atoms with Gasteiger partial charge in [-0.1, -0.05) is 30.4 Å². The monoisotopic (exact) mass is 212 g/mol. The normalized spacial score (nSPS) is 14.1. The molecule has 3 heteroatoms. The number of amides is 1. The first kappa shape index (κ1) is 10.4. The lowest BCUT2D eigenvalue weighted by Crippen LogP contribution is -2.21. The molecule has 1 N–H and O–H groups in total. The Hall–Kier alpha value is -2.16. The summed E-state index contributed by atoms with van der Waals surface area (Å²) in [6.45, 7) is 0. The molecule has 16 heavy (non-hydrogen) atoms. The average molecular weight is 212 g/mol. The van der Waals surface area contributed by atoms with Crippen LogP contribution in [0.2, 0.25) is 0 Å². The Morgan fingerprint density at radius 3 is 2.88 bits per heavy atom. The van der Waals surface area contributed by atoms with Crippen molar-refractivity contribution in [3.63, 3.8) is 0 Å². The minimum absolute atomic E-state index is 0.140. The Morgan fingerprint density at radius 2 is 2.06 bits per heavy atom. The Morgan fingerprint density at radius 1 is 1.25 bits per heavy atom. The number of hydrogen-bond acceptors (Lipinski definition) is 2. The maximum Gasteiger partial charge on any atom is 0.256 e. The Bertz CT molecular complexity index is 458. The first-order chi connectivity index (χ1) is 7.86. The van der Waals surface area contributed by atoms with Crippen molar-refractivity contribution in [3.8, 4) is 0 Å². The minimum Gasteiger partial charge on any atom is -0.307 e. The van der Waals surface area contributed by atoms with Gasteiger partial charge < -0.3 is 5.32 Å². The van der Waals surface area contributed by atoms with Gasteiger partial charge in [-0.2, -0.15) is 0 Å². The topological polar surface area (TPSA) is 41.5 Å². The first-order valence-electron chi connectivity index (χ1n) is 5.12. The van der Waals surface area contributed by atoms with Crippen LogP contribution in [0.1, 0.15) is 16.8 Å². The Labute approximate surface area is 94.2 Å². The molecule has 1 aliphatic heterocycles. The van der Waals surface area contributed by atoms with Crippen molar-refractivity contribution in [2.24, 2.45) is 4.99 Å². The molecule has 80 valence electrons. The van der Waals surface area contributed by atoms with Crippen LogP contribution < -0.4 is 5.32 Å². The van der Waals surface area contributed by atoms with E-state index in [0.717, 1.165) is 6.42 Å². The van der Waals surface area contributed by atoms with Gasteiger partial charge in [0.15, 0.2) is 0 Å². The number of hydrogen-bond donors (Lipinski definition) is 1. The second-order valence-electron chi connectivity index (χ2n) is 3.35. The van der Waals surface area contributed by atoms with Crippen LogP contribution in [0, 0.1) is 0 Å². The molecule has 0 bridgehead atoms. The van der Waals surface area contributed by atoms with E-state index in [1.807, 2.05) is 30.4 Å². The molecule has 0 unspecified atom stereocenters. The zero-order valence-corrected chi connectivity index (χ0v) is 8.76. The van der Waals surface area contributed by atoms with Crippen LogP contribution in [0.4, 0.5) is 0 Å². The van der Waals surface area contributed by atoms with Gasteiger partial charge in [0.05, 0.1) is 0 Å². The number of aliphatic imine (C=N–C) groups is 1. The van der Waals surface area contributed by atoms with Gasteiger partial charge in [0.2, 0.25) is 0 Å². The third kappa shape index (κ3) is 2.67. The van der Waals surface area contributed by atoms with Crippen molar-refractivity contribution in [2.45, 2.75) is 6.42 Å². The van der Waals surface area contributed by atoms with Gasteiger partial charge in [-0.25, -0.2) is 4.99 Å². The fourth-order valence-electron chi connectivity index (χ4n) is 1.34. The van der Waals surface area contributed by atoms with E-state index < -0.39 is 0 Å². The van der Waals surface area contributed by atoms with Crippen molar-refractivity contribution >= 4 is 12.1 Å². The predicted octanol–water partition coefficient (Wildman–Crippen LogP) is 2.29. The Kier molecular flexibility index (Phi) is 3.28. The van der Waals surface area contributed by atoms with Crippen molar-refractivity contribution in [2.75, 3.05) is 0 Å². The van der Waals surface area contributed by atoms with Crippen LogP contribution in [0.15, 0.2) is 59.4 Å². The molecule has 0 aliphatic carbocycles. The maximum absolute atomic E-state index is 11.8.